The van der Waals surface area contributed by atoms with Crippen molar-refractivity contribution in [2.24, 2.45) is 0 Å². The van der Waals surface area contributed by atoms with Gasteiger partial charge in [0, 0.05) is 34.1 Å². The number of para-hydroxylation sites is 1. The van der Waals surface area contributed by atoms with Gasteiger partial charge in [0.2, 0.25) is 11.8 Å². The highest BCUT2D eigenvalue weighted by Gasteiger charge is 2.36. The Morgan fingerprint density at radius 3 is 1.93 bits per heavy atom. The Bertz CT molecular complexity index is 1720. The quantitative estimate of drug-likeness (QED) is 0.186. The first-order valence-electron chi connectivity index (χ1n) is 14.5. The summed E-state index contributed by atoms with van der Waals surface area (Å²) in [6.45, 7) is 6.65. The largest absolute Gasteiger partial charge is 0.350 e. The van der Waals surface area contributed by atoms with Crippen LogP contribution in [0.2, 0.25) is 10.0 Å². The number of hydrogen-bond acceptors (Lipinski definition) is 4. The van der Waals surface area contributed by atoms with E-state index in [1.165, 1.54) is 17.0 Å². The fraction of sp³-hybridized carbons (Fsp3) is 0.257. The third-order valence-electron chi connectivity index (χ3n) is 7.15. The van der Waals surface area contributed by atoms with Crippen molar-refractivity contribution in [2.45, 2.75) is 57.1 Å². The highest BCUT2D eigenvalue weighted by molar-refractivity contribution is 7.92. The van der Waals surface area contributed by atoms with Crippen LogP contribution in [0, 0.1) is 6.92 Å². The maximum Gasteiger partial charge on any atom is 0.264 e. The molecule has 0 aliphatic heterocycles. The van der Waals surface area contributed by atoms with Crippen molar-refractivity contribution in [3.8, 4) is 0 Å². The van der Waals surface area contributed by atoms with Gasteiger partial charge in [0.1, 0.15) is 12.6 Å². The minimum Gasteiger partial charge on any atom is -0.350 e. The van der Waals surface area contributed by atoms with Crippen LogP contribution in [0.4, 0.5) is 5.69 Å². The Labute approximate surface area is 275 Å². The van der Waals surface area contributed by atoms with Crippen molar-refractivity contribution >= 4 is 50.7 Å². The van der Waals surface area contributed by atoms with Gasteiger partial charge in [-0.15, -0.1) is 0 Å². The van der Waals surface area contributed by atoms with Crippen LogP contribution in [0.5, 0.6) is 0 Å². The van der Waals surface area contributed by atoms with E-state index in [1.807, 2.05) is 51.1 Å². The molecule has 0 aliphatic carbocycles. The SMILES string of the molecule is Cc1ccccc1N(CC(=O)N(Cc1c(Cl)cccc1Cl)[C@@H](Cc1ccccc1)C(=O)NC(C)(C)C)S(=O)(=O)c1ccccc1. The van der Waals surface area contributed by atoms with Crippen molar-refractivity contribution in [2.75, 3.05) is 10.8 Å². The van der Waals surface area contributed by atoms with Crippen molar-refractivity contribution in [3.05, 3.63) is 130 Å². The van der Waals surface area contributed by atoms with E-state index >= 15 is 0 Å². The predicted octanol–water partition coefficient (Wildman–Crippen LogP) is 7.05. The van der Waals surface area contributed by atoms with Crippen molar-refractivity contribution < 1.29 is 18.0 Å². The molecular formula is C35H37Cl2N3O4S. The summed E-state index contributed by atoms with van der Waals surface area (Å²) in [5.41, 5.74) is 1.68. The van der Waals surface area contributed by atoms with Gasteiger partial charge in [-0.05, 0) is 69.2 Å². The molecule has 0 aliphatic rings. The number of anilines is 1. The van der Waals surface area contributed by atoms with Crippen LogP contribution in [-0.4, -0.2) is 43.3 Å². The van der Waals surface area contributed by atoms with Crippen LogP contribution >= 0.6 is 23.2 Å². The average Bonchev–Trinajstić information content (AvgIpc) is 2.99. The number of sulfonamides is 1. The Morgan fingerprint density at radius 2 is 1.36 bits per heavy atom. The van der Waals surface area contributed by atoms with Crippen molar-refractivity contribution in [1.29, 1.82) is 0 Å². The van der Waals surface area contributed by atoms with Gasteiger partial charge >= 0.3 is 0 Å². The van der Waals surface area contributed by atoms with Crippen LogP contribution < -0.4 is 9.62 Å². The summed E-state index contributed by atoms with van der Waals surface area (Å²) < 4.78 is 29.4. The lowest BCUT2D eigenvalue weighted by Crippen LogP contribution is -2.56. The Hall–Kier alpha value is -3.85. The van der Waals surface area contributed by atoms with E-state index in [2.05, 4.69) is 5.32 Å². The van der Waals surface area contributed by atoms with E-state index in [-0.39, 0.29) is 17.9 Å². The van der Waals surface area contributed by atoms with Gasteiger partial charge in [0.25, 0.3) is 10.0 Å². The summed E-state index contributed by atoms with van der Waals surface area (Å²) in [7, 11) is -4.19. The topological polar surface area (TPSA) is 86.8 Å². The second-order valence-corrected chi connectivity index (χ2v) is 14.5. The number of benzene rings is 4. The molecule has 0 radical (unpaired) electrons. The number of carbonyl (C=O) groups excluding carboxylic acids is 2. The van der Waals surface area contributed by atoms with Gasteiger partial charge in [-0.2, -0.15) is 0 Å². The summed E-state index contributed by atoms with van der Waals surface area (Å²) >= 11 is 13.1. The fourth-order valence-electron chi connectivity index (χ4n) is 4.94. The molecule has 0 bridgehead atoms. The number of amides is 2. The third-order valence-corrected chi connectivity index (χ3v) is 9.64. The van der Waals surface area contributed by atoms with E-state index in [1.54, 1.807) is 67.6 Å². The molecule has 0 aromatic heterocycles. The van der Waals surface area contributed by atoms with E-state index in [4.69, 9.17) is 23.2 Å². The molecule has 1 N–H and O–H groups in total. The average molecular weight is 667 g/mol. The van der Waals surface area contributed by atoms with Gasteiger partial charge in [0.05, 0.1) is 10.6 Å². The smallest absolute Gasteiger partial charge is 0.264 e. The van der Waals surface area contributed by atoms with E-state index < -0.39 is 40.0 Å². The van der Waals surface area contributed by atoms with Gasteiger partial charge in [0.15, 0.2) is 0 Å². The number of nitrogens with one attached hydrogen (secondary N) is 1. The molecule has 0 unspecified atom stereocenters. The first-order chi connectivity index (χ1) is 21.3. The number of rotatable bonds is 11. The molecule has 2 amide bonds. The van der Waals surface area contributed by atoms with E-state index in [0.717, 1.165) is 9.87 Å². The lowest BCUT2D eigenvalue weighted by molar-refractivity contribution is -0.140. The molecule has 4 aromatic carbocycles. The summed E-state index contributed by atoms with van der Waals surface area (Å²) in [6, 6.07) is 28.2. The molecule has 0 saturated heterocycles. The summed E-state index contributed by atoms with van der Waals surface area (Å²) in [6.07, 6.45) is 0.173. The standard InChI is InChI=1S/C35H37Cl2N3O4S/c1-25-14-11-12-21-31(25)40(45(43,44)27-17-9-6-10-18-27)24-33(41)39(23-28-29(36)19-13-20-30(28)37)32(34(42)38-35(2,3)4)22-26-15-7-5-8-16-26/h5-21,32H,22-24H2,1-4H3,(H,38,42)/t32-/m0/s1. The molecule has 45 heavy (non-hydrogen) atoms. The first kappa shape index (κ1) is 34.0. The Balaban J connectivity index is 1.86. The molecule has 236 valence electrons. The monoisotopic (exact) mass is 665 g/mol. The molecule has 0 saturated carbocycles. The number of nitrogens with zero attached hydrogens (tertiary/aromatic N) is 2. The zero-order valence-corrected chi connectivity index (χ0v) is 28.0. The van der Waals surface area contributed by atoms with Gasteiger partial charge in [-0.25, -0.2) is 8.42 Å². The molecule has 0 heterocycles. The second-order valence-electron chi connectivity index (χ2n) is 11.8. The number of carbonyl (C=O) groups is 2. The highest BCUT2D eigenvalue weighted by Crippen LogP contribution is 2.30. The van der Waals surface area contributed by atoms with E-state index in [9.17, 15) is 18.0 Å². The van der Waals surface area contributed by atoms with Gasteiger partial charge in [-0.3, -0.25) is 13.9 Å². The molecule has 7 nitrogen and oxygen atoms in total. The molecule has 0 spiro atoms. The zero-order valence-electron chi connectivity index (χ0n) is 25.7. The van der Waals surface area contributed by atoms with E-state index in [0.29, 0.717) is 26.9 Å². The number of halogens is 2. The second kappa shape index (κ2) is 14.5. The maximum absolute atomic E-state index is 14.6. The molecule has 1 atom stereocenters. The van der Waals surface area contributed by atoms with Crippen molar-refractivity contribution in [3.63, 3.8) is 0 Å². The van der Waals surface area contributed by atoms with Gasteiger partial charge < -0.3 is 10.2 Å². The molecular weight excluding hydrogens is 629 g/mol. The van der Waals surface area contributed by atoms with Crippen molar-refractivity contribution in [1.82, 2.24) is 10.2 Å². The fourth-order valence-corrected chi connectivity index (χ4v) is 6.95. The van der Waals surface area contributed by atoms with Crippen LogP contribution in [0.3, 0.4) is 0 Å². The lowest BCUT2D eigenvalue weighted by atomic mass is 10.0. The summed E-state index contributed by atoms with van der Waals surface area (Å²) in [5, 5.41) is 3.65. The minimum absolute atomic E-state index is 0.0352. The lowest BCUT2D eigenvalue weighted by Gasteiger charge is -2.36. The van der Waals surface area contributed by atoms with Crippen LogP contribution in [0.25, 0.3) is 0 Å². The molecule has 4 rings (SSSR count). The zero-order chi connectivity index (χ0) is 32.8. The normalized spacial score (nSPS) is 12.3. The predicted molar refractivity (Wildman–Crippen MR) is 181 cm³/mol. The van der Waals surface area contributed by atoms with Crippen LogP contribution in [0.15, 0.2) is 108 Å². The Morgan fingerprint density at radius 1 is 0.800 bits per heavy atom. The van der Waals surface area contributed by atoms with Crippen LogP contribution in [0.1, 0.15) is 37.5 Å². The summed E-state index contributed by atoms with van der Waals surface area (Å²) in [4.78, 5) is 30.0. The molecule has 10 heteroatoms. The van der Waals surface area contributed by atoms with Crippen LogP contribution in [-0.2, 0) is 32.6 Å². The Kier molecular flexibility index (Phi) is 11.0. The molecule has 0 fully saturated rings. The third kappa shape index (κ3) is 8.66. The van der Waals surface area contributed by atoms with Gasteiger partial charge in [-0.1, -0.05) is 96.0 Å². The number of hydrogen-bond donors (Lipinski definition) is 1. The maximum atomic E-state index is 14.6. The minimum atomic E-state index is -4.19. The summed E-state index contributed by atoms with van der Waals surface area (Å²) in [5.74, 6) is -0.991. The highest BCUT2D eigenvalue weighted by atomic mass is 35.5. The first-order valence-corrected chi connectivity index (χ1v) is 16.7. The number of aryl methyl sites for hydroxylation is 1. The molecule has 4 aromatic rings.